The third-order valence-corrected chi connectivity index (χ3v) is 5.83. The van der Waals surface area contributed by atoms with Crippen LogP contribution >= 0.6 is 0 Å². The monoisotopic (exact) mass is 560 g/mol. The highest BCUT2D eigenvalue weighted by atomic mass is 16.6. The lowest BCUT2D eigenvalue weighted by Crippen LogP contribution is -2.74. The van der Waals surface area contributed by atoms with Crippen LogP contribution in [0.5, 0.6) is 0 Å². The van der Waals surface area contributed by atoms with Crippen molar-refractivity contribution in [2.75, 3.05) is 6.61 Å². The lowest BCUT2D eigenvalue weighted by molar-refractivity contribution is -0.386. The van der Waals surface area contributed by atoms with Crippen LogP contribution in [0.2, 0.25) is 0 Å². The number of carbonyl (C=O) groups is 4. The Bertz CT molecular complexity index is 1320. The zero-order valence-electron chi connectivity index (χ0n) is 21.0. The smallest absolute Gasteiger partial charge is 0.408 e. The van der Waals surface area contributed by atoms with Gasteiger partial charge in [-0.2, -0.15) is 0 Å². The molecule has 2 N–H and O–H groups in total. The number of ether oxygens (including phenoxy) is 3. The zero-order chi connectivity index (χ0) is 29.4. The lowest BCUT2D eigenvalue weighted by Gasteiger charge is -2.48. The Hall–Kier alpha value is -5.12. The van der Waals surface area contributed by atoms with Gasteiger partial charge in [0.2, 0.25) is 12.1 Å². The molecule has 16 nitrogen and oxygen atoms in total. The third kappa shape index (κ3) is 7.04. The molecule has 0 aliphatic carbocycles. The van der Waals surface area contributed by atoms with Crippen molar-refractivity contribution < 1.29 is 48.3 Å². The SMILES string of the molecule is CC(=O)OCC[C@@H]1[C@@H](NC(=O)OCc2ccccc2[N+](=O)[O-])C(=O)N1C(O)C(=O)OCc1ccccc1[N+](=O)[O-]. The first-order valence-corrected chi connectivity index (χ1v) is 11.7. The van der Waals surface area contributed by atoms with Crippen molar-refractivity contribution in [1.29, 1.82) is 0 Å². The number of amides is 2. The number of hydrogen-bond acceptors (Lipinski definition) is 12. The summed E-state index contributed by atoms with van der Waals surface area (Å²) < 4.78 is 14.8. The molecule has 212 valence electrons. The number of nitrogens with one attached hydrogen (secondary N) is 1. The van der Waals surface area contributed by atoms with E-state index in [-0.39, 0.29) is 35.5 Å². The molecule has 1 saturated heterocycles. The van der Waals surface area contributed by atoms with Crippen LogP contribution in [0.25, 0.3) is 0 Å². The standard InChI is InChI=1S/C24H24N4O12/c1-14(29)38-11-10-19-20(25-24(33)40-13-16-7-3-5-9-18(16)28(36)37)21(30)26(19)22(31)23(32)39-12-15-6-2-4-8-17(15)27(34)35/h2-9,19-20,22,31H,10-13H2,1H3,(H,25,33)/t19-,20-,22?/m1/s1. The fourth-order valence-corrected chi connectivity index (χ4v) is 3.93. The molecule has 1 aliphatic rings. The highest BCUT2D eigenvalue weighted by Gasteiger charge is 2.53. The molecule has 3 atom stereocenters. The second-order valence-corrected chi connectivity index (χ2v) is 8.39. The molecule has 1 unspecified atom stereocenters. The number of nitro benzene ring substituents is 2. The number of para-hydroxylation sites is 2. The van der Waals surface area contributed by atoms with E-state index < -0.39 is 65.3 Å². The van der Waals surface area contributed by atoms with Gasteiger partial charge in [0.15, 0.2) is 0 Å². The maximum atomic E-state index is 12.8. The largest absolute Gasteiger partial charge is 0.466 e. The first-order valence-electron chi connectivity index (χ1n) is 11.7. The molecule has 2 aromatic rings. The van der Waals surface area contributed by atoms with Gasteiger partial charge in [0, 0.05) is 25.5 Å². The van der Waals surface area contributed by atoms with Crippen LogP contribution in [0.1, 0.15) is 24.5 Å². The summed E-state index contributed by atoms with van der Waals surface area (Å²) >= 11 is 0. The predicted molar refractivity (Wildman–Crippen MR) is 131 cm³/mol. The van der Waals surface area contributed by atoms with Crippen LogP contribution in [0.4, 0.5) is 16.2 Å². The van der Waals surface area contributed by atoms with Crippen molar-refractivity contribution in [3.05, 3.63) is 79.9 Å². The summed E-state index contributed by atoms with van der Waals surface area (Å²) in [7, 11) is 0. The summed E-state index contributed by atoms with van der Waals surface area (Å²) in [5.74, 6) is -2.82. The van der Waals surface area contributed by atoms with Gasteiger partial charge in [-0.05, 0) is 12.1 Å². The summed E-state index contributed by atoms with van der Waals surface area (Å²) in [6.07, 6.45) is -3.35. The van der Waals surface area contributed by atoms with E-state index in [4.69, 9.17) is 14.2 Å². The summed E-state index contributed by atoms with van der Waals surface area (Å²) in [6, 6.07) is 8.68. The number of rotatable bonds is 12. The maximum Gasteiger partial charge on any atom is 0.408 e. The molecule has 16 heteroatoms. The van der Waals surface area contributed by atoms with Crippen LogP contribution in [0.3, 0.4) is 0 Å². The minimum Gasteiger partial charge on any atom is -0.466 e. The second-order valence-electron chi connectivity index (χ2n) is 8.39. The number of β-lactam (4-membered cyclic amide) rings is 1. The minimum atomic E-state index is -2.14. The fourth-order valence-electron chi connectivity index (χ4n) is 3.93. The van der Waals surface area contributed by atoms with E-state index in [2.05, 4.69) is 5.32 Å². The topological polar surface area (TPSA) is 218 Å². The van der Waals surface area contributed by atoms with Gasteiger partial charge in [0.05, 0.1) is 33.6 Å². The maximum absolute atomic E-state index is 12.8. The molecule has 40 heavy (non-hydrogen) atoms. The second kappa shape index (κ2) is 13.1. The quantitative estimate of drug-likeness (QED) is 0.123. The highest BCUT2D eigenvalue weighted by Crippen LogP contribution is 2.27. The molecule has 1 fully saturated rings. The Labute approximate surface area is 225 Å². The number of carbonyl (C=O) groups excluding carboxylic acids is 4. The molecular weight excluding hydrogens is 536 g/mol. The van der Waals surface area contributed by atoms with Gasteiger partial charge < -0.3 is 24.6 Å². The molecule has 0 bridgehead atoms. The van der Waals surface area contributed by atoms with E-state index in [9.17, 15) is 44.5 Å². The van der Waals surface area contributed by atoms with Crippen LogP contribution in [0, 0.1) is 20.2 Å². The molecule has 2 aromatic carbocycles. The Morgan fingerprint density at radius 1 is 0.950 bits per heavy atom. The van der Waals surface area contributed by atoms with E-state index in [1.54, 1.807) is 0 Å². The fraction of sp³-hybridized carbons (Fsp3) is 0.333. The number of alkyl carbamates (subject to hydrolysis) is 1. The number of aliphatic hydroxyl groups is 1. The van der Waals surface area contributed by atoms with Crippen LogP contribution < -0.4 is 5.32 Å². The zero-order valence-corrected chi connectivity index (χ0v) is 21.0. The molecule has 1 heterocycles. The van der Waals surface area contributed by atoms with E-state index in [0.717, 1.165) is 6.92 Å². The van der Waals surface area contributed by atoms with Crippen LogP contribution in [-0.4, -0.2) is 68.7 Å². The molecule has 2 amide bonds. The summed E-state index contributed by atoms with van der Waals surface area (Å²) in [5, 5.41) is 35.1. The van der Waals surface area contributed by atoms with Crippen molar-refractivity contribution in [2.24, 2.45) is 0 Å². The van der Waals surface area contributed by atoms with E-state index >= 15 is 0 Å². The summed E-state index contributed by atoms with van der Waals surface area (Å²) in [6.45, 7) is -0.126. The Kier molecular flexibility index (Phi) is 9.64. The lowest BCUT2D eigenvalue weighted by atomic mass is 9.91. The number of nitro groups is 2. The van der Waals surface area contributed by atoms with Crippen molar-refractivity contribution in [1.82, 2.24) is 10.2 Å². The van der Waals surface area contributed by atoms with Crippen molar-refractivity contribution in [3.8, 4) is 0 Å². The molecule has 0 aromatic heterocycles. The molecule has 0 saturated carbocycles. The van der Waals surface area contributed by atoms with Crippen molar-refractivity contribution >= 4 is 35.3 Å². The molecular formula is C24H24N4O12. The Balaban J connectivity index is 1.65. The van der Waals surface area contributed by atoms with Crippen molar-refractivity contribution in [3.63, 3.8) is 0 Å². The molecule has 1 aliphatic heterocycles. The van der Waals surface area contributed by atoms with Gasteiger partial charge >= 0.3 is 18.0 Å². The average molecular weight is 560 g/mol. The minimum absolute atomic E-state index is 0.0512. The Morgan fingerprint density at radius 3 is 2.00 bits per heavy atom. The van der Waals surface area contributed by atoms with Gasteiger partial charge in [-0.25, -0.2) is 9.59 Å². The number of likely N-dealkylation sites (tertiary alicyclic amines) is 1. The van der Waals surface area contributed by atoms with Gasteiger partial charge in [0.1, 0.15) is 19.3 Å². The number of hydrogen-bond donors (Lipinski definition) is 2. The first kappa shape index (κ1) is 29.4. The summed E-state index contributed by atoms with van der Waals surface area (Å²) in [4.78, 5) is 70.5. The van der Waals surface area contributed by atoms with Gasteiger partial charge in [-0.1, -0.05) is 24.3 Å². The normalized spacial score (nSPS) is 16.8. The number of nitrogens with zero attached hydrogens (tertiary/aromatic N) is 3. The van der Waals surface area contributed by atoms with E-state index in [1.807, 2.05) is 0 Å². The van der Waals surface area contributed by atoms with Crippen LogP contribution in [-0.2, 0) is 41.8 Å². The van der Waals surface area contributed by atoms with Gasteiger partial charge in [-0.3, -0.25) is 34.7 Å². The predicted octanol–water partition coefficient (Wildman–Crippen LogP) is 1.32. The number of benzene rings is 2. The summed E-state index contributed by atoms with van der Waals surface area (Å²) in [5.41, 5.74) is -0.432. The Morgan fingerprint density at radius 2 is 1.48 bits per heavy atom. The van der Waals surface area contributed by atoms with Gasteiger partial charge in [-0.15, -0.1) is 0 Å². The molecule has 0 radical (unpaired) electrons. The third-order valence-electron chi connectivity index (χ3n) is 5.83. The number of aliphatic hydroxyl groups excluding tert-OH is 1. The first-order chi connectivity index (χ1) is 19.0. The van der Waals surface area contributed by atoms with Crippen LogP contribution in [0.15, 0.2) is 48.5 Å². The molecule has 0 spiro atoms. The average Bonchev–Trinajstić information content (AvgIpc) is 2.92. The molecule has 3 rings (SSSR count). The number of esters is 2. The van der Waals surface area contributed by atoms with E-state index in [1.165, 1.54) is 48.5 Å². The van der Waals surface area contributed by atoms with Crippen molar-refractivity contribution in [2.45, 2.75) is 44.9 Å². The van der Waals surface area contributed by atoms with Gasteiger partial charge in [0.25, 0.3) is 11.4 Å². The highest BCUT2D eigenvalue weighted by molar-refractivity contribution is 5.95. The van der Waals surface area contributed by atoms with E-state index in [0.29, 0.717) is 4.90 Å².